The van der Waals surface area contributed by atoms with Crippen molar-refractivity contribution < 1.29 is 221 Å². The molecule has 18 heteroatoms. The van der Waals surface area contributed by atoms with Crippen LogP contribution in [0, 0.1) is 30.7 Å². The summed E-state index contributed by atoms with van der Waals surface area (Å²) in [5.74, 6) is 4.42. The maximum atomic E-state index is 7.25. The number of fused-ring (bicyclic) bond motifs is 9. The van der Waals surface area contributed by atoms with Crippen LogP contribution in [0.15, 0.2) is 55.0 Å². The molecule has 9 aliphatic heterocycles. The van der Waals surface area contributed by atoms with Gasteiger partial charge in [-0.1, -0.05) is 65.0 Å². The third-order valence-corrected chi connectivity index (χ3v) is 12.4. The number of rotatable bonds is 8. The molecule has 12 rings (SSSR count). The van der Waals surface area contributed by atoms with Gasteiger partial charge in [-0.3, -0.25) is 19.7 Å². The average molecular weight is 1170 g/mol. The van der Waals surface area contributed by atoms with Crippen molar-refractivity contribution >= 4 is 13.2 Å². The molecule has 3 aromatic rings. The standard InChI is InChI=1S/C13H18N3O.C13H18N2O.C12H15N2O.C4H12B2.2C2H6N.3Rb.Y/c14-7-10-1-2-13(15-8-10)17-12-9-16-5-3-11(12)4-6-16;1-10-2-3-13(14-8-10)16-12-9-15-6-4-11(12)5-7-15;1-2-6-13-12(3-1)15-11-9-14-7-4-10(11)5-8-14;1-5(2)6(3)4;2*1-2-3;;;;/h1-2,8,11-12,14H,3-7,9H2;2-3,8,11-12H,4-7,9H2,1H3;1,3,6,10-11H,4-5,7-9H2;1-4H3;2*3H,2H2,1H3;;;;/q-1;;-1;;2*-1;3*+1;. The van der Waals surface area contributed by atoms with Crippen LogP contribution in [-0.2, 0) is 39.3 Å². The molecule has 0 aliphatic carbocycles. The molecule has 3 atom stereocenters. The first-order valence-electron chi connectivity index (χ1n) is 22.9. The molecule has 6 bridgehead atoms. The zero-order valence-electron chi connectivity index (χ0n) is 41.5. The van der Waals surface area contributed by atoms with E-state index in [0.717, 1.165) is 62.0 Å². The molecule has 64 heavy (non-hydrogen) atoms. The van der Waals surface area contributed by atoms with Crippen LogP contribution in [0.2, 0.25) is 27.3 Å². The van der Waals surface area contributed by atoms with Gasteiger partial charge in [0.15, 0.2) is 0 Å². The van der Waals surface area contributed by atoms with Gasteiger partial charge in [-0.05, 0) is 108 Å². The van der Waals surface area contributed by atoms with Crippen LogP contribution in [0.4, 0.5) is 0 Å². The van der Waals surface area contributed by atoms with Gasteiger partial charge in [0.1, 0.15) is 37.4 Å². The van der Waals surface area contributed by atoms with Crippen molar-refractivity contribution in [1.82, 2.24) is 29.7 Å². The summed E-state index contributed by atoms with van der Waals surface area (Å²) in [4.78, 5) is 20.2. The topological polar surface area (TPSA) is 147 Å². The van der Waals surface area contributed by atoms with Gasteiger partial charge in [0.05, 0.1) is 0 Å². The third kappa shape index (κ3) is 25.3. The Bertz CT molecular complexity index is 1550. The molecule has 0 spiro atoms. The van der Waals surface area contributed by atoms with Crippen LogP contribution in [-0.4, -0.2) is 133 Å². The van der Waals surface area contributed by atoms with E-state index in [-0.39, 0.29) is 214 Å². The van der Waals surface area contributed by atoms with Crippen molar-refractivity contribution in [1.29, 1.82) is 0 Å². The molecule has 0 saturated carbocycles. The van der Waals surface area contributed by atoms with Crippen molar-refractivity contribution in [3.63, 3.8) is 0 Å². The predicted molar refractivity (Wildman–Crippen MR) is 250 cm³/mol. The van der Waals surface area contributed by atoms with Crippen molar-refractivity contribution in [2.45, 2.75) is 111 Å². The second kappa shape index (κ2) is 38.8. The van der Waals surface area contributed by atoms with Crippen molar-refractivity contribution in [2.24, 2.45) is 17.8 Å². The first-order chi connectivity index (χ1) is 29.0. The summed E-state index contributed by atoms with van der Waals surface area (Å²) in [6.45, 7) is 28.3. The molecule has 3 unspecified atom stereocenters. The van der Waals surface area contributed by atoms with Crippen LogP contribution >= 0.6 is 0 Å². The quantitative estimate of drug-likeness (QED) is 0.225. The minimum absolute atomic E-state index is 0. The number of hydrogen-bond acceptors (Lipinski definition) is 9. The molecule has 0 aromatic carbocycles. The van der Waals surface area contributed by atoms with Crippen LogP contribution < -0.4 is 189 Å². The Labute approximate surface area is 561 Å². The fourth-order valence-corrected chi connectivity index (χ4v) is 8.08. The van der Waals surface area contributed by atoms with E-state index in [2.05, 4.69) is 69.1 Å². The first-order valence-corrected chi connectivity index (χ1v) is 22.9. The number of ether oxygens (including phenoxy) is 3. The Kier molecular flexibility index (Phi) is 40.8. The molecule has 9 fully saturated rings. The number of nitrogens with zero attached hydrogens (tertiary/aromatic N) is 6. The minimum atomic E-state index is 0. The molecule has 335 valence electrons. The van der Waals surface area contributed by atoms with E-state index in [4.69, 9.17) is 31.4 Å². The number of hydrogen-bond donors (Lipinski definition) is 0. The second-order valence-corrected chi connectivity index (χ2v) is 17.5. The molecule has 12 heterocycles. The van der Waals surface area contributed by atoms with Gasteiger partial charge in [0.2, 0.25) is 11.8 Å². The van der Waals surface area contributed by atoms with Crippen LogP contribution in [0.5, 0.6) is 17.6 Å². The van der Waals surface area contributed by atoms with Gasteiger partial charge in [-0.15, -0.1) is 12.6 Å². The molecule has 9 saturated heterocycles. The number of aryl methyl sites for hydroxylation is 1. The predicted octanol–water partition coefficient (Wildman–Crippen LogP) is 0.0247. The van der Waals surface area contributed by atoms with Gasteiger partial charge in [0.25, 0.3) is 0 Å². The molecular weight excluding hydrogens is 1090 g/mol. The Morgan fingerprint density at radius 3 is 1.19 bits per heavy atom. The largest absolute Gasteiger partial charge is 1.00 e. The van der Waals surface area contributed by atoms with Gasteiger partial charge in [0, 0.05) is 76.9 Å². The summed E-state index contributed by atoms with van der Waals surface area (Å²) in [6.07, 6.45) is 14.0. The Morgan fingerprint density at radius 2 is 0.938 bits per heavy atom. The summed E-state index contributed by atoms with van der Waals surface area (Å²) >= 11 is 0. The van der Waals surface area contributed by atoms with E-state index in [1.165, 1.54) is 83.4 Å². The van der Waals surface area contributed by atoms with Gasteiger partial charge in [-0.2, -0.15) is 13.1 Å². The van der Waals surface area contributed by atoms with E-state index in [1.807, 2.05) is 43.5 Å². The van der Waals surface area contributed by atoms with Crippen LogP contribution in [0.25, 0.3) is 17.2 Å². The second-order valence-electron chi connectivity index (χ2n) is 17.5. The van der Waals surface area contributed by atoms with E-state index in [0.29, 0.717) is 43.2 Å². The van der Waals surface area contributed by atoms with E-state index >= 15 is 0 Å². The normalized spacial score (nSPS) is 25.8. The third-order valence-electron chi connectivity index (χ3n) is 12.4. The summed E-state index contributed by atoms with van der Waals surface area (Å²) in [5.41, 5.74) is 21.8. The minimum Gasteiger partial charge on any atom is -0.678 e. The zero-order valence-corrected chi connectivity index (χ0v) is 59.1. The van der Waals surface area contributed by atoms with Crippen molar-refractivity contribution in [2.75, 3.05) is 72.0 Å². The summed E-state index contributed by atoms with van der Waals surface area (Å²) in [7, 11) is 0. The van der Waals surface area contributed by atoms with Gasteiger partial charge >= 0.3 is 175 Å². The van der Waals surface area contributed by atoms with Crippen molar-refractivity contribution in [3.8, 4) is 17.6 Å². The number of piperidine rings is 9. The maximum absolute atomic E-state index is 7.25. The van der Waals surface area contributed by atoms with E-state index in [1.54, 1.807) is 26.2 Å². The molecule has 9 aliphatic rings. The van der Waals surface area contributed by atoms with Crippen LogP contribution in [0.1, 0.15) is 63.5 Å². The summed E-state index contributed by atoms with van der Waals surface area (Å²) < 4.78 is 17.9. The number of aromatic nitrogens is 3. The van der Waals surface area contributed by atoms with Gasteiger partial charge < -0.3 is 31.4 Å². The van der Waals surface area contributed by atoms with Gasteiger partial charge in [-0.25, -0.2) is 22.1 Å². The zero-order chi connectivity index (χ0) is 43.3. The fraction of sp³-hybridized carbons (Fsp3) is 0.674. The fourth-order valence-electron chi connectivity index (χ4n) is 8.08. The Balaban J connectivity index is 0.000000805. The molecule has 1 radical (unpaired) electrons. The maximum Gasteiger partial charge on any atom is 1.00 e. The molecular formula is C46H75B2N9O3Rb3Y-. The average Bonchev–Trinajstić information content (AvgIpc) is 3.28. The molecule has 3 N–H and O–H groups in total. The summed E-state index contributed by atoms with van der Waals surface area (Å²) in [6, 6.07) is 14.5. The Morgan fingerprint density at radius 1 is 0.578 bits per heavy atom. The first kappa shape index (κ1) is 67.3. The Hall–Kier alpha value is 3.26. The number of nitrogens with one attached hydrogen (secondary N) is 3. The van der Waals surface area contributed by atoms with E-state index < -0.39 is 0 Å². The molecule has 0 amide bonds. The summed E-state index contributed by atoms with van der Waals surface area (Å²) in [5, 5.41) is 0. The van der Waals surface area contributed by atoms with E-state index in [9.17, 15) is 0 Å². The smallest absolute Gasteiger partial charge is 0.678 e. The van der Waals surface area contributed by atoms with Crippen molar-refractivity contribution in [3.05, 3.63) is 89.4 Å². The molecule has 3 aromatic heterocycles. The SMILES string of the molecule is CB(C)B(C)C.CC[NH-].CC[NH-].Cc1ccc(OC2CN3CCC2CC3)nc1.[NH-]Cc1ccc(OC2CN3CCC2CC3)nc1.[Rb+].[Rb+].[Rb+].[Y].[c-]1ccc(OC2CN3CCC2CC3)nc1. The molecule has 12 nitrogen and oxygen atoms in total. The number of pyridine rings is 3. The monoisotopic (exact) mass is 1170 g/mol. The van der Waals surface area contributed by atoms with Crippen LogP contribution in [0.3, 0.4) is 0 Å².